The lowest BCUT2D eigenvalue weighted by Crippen LogP contribution is -2.47. The van der Waals surface area contributed by atoms with Gasteiger partial charge in [-0.15, -0.1) is 0 Å². The molecule has 1 aliphatic heterocycles. The highest BCUT2D eigenvalue weighted by Gasteiger charge is 2.25. The van der Waals surface area contributed by atoms with Gasteiger partial charge in [0.05, 0.1) is 19.8 Å². The second kappa shape index (κ2) is 10.2. The molecule has 1 heterocycles. The van der Waals surface area contributed by atoms with Gasteiger partial charge in [-0.05, 0) is 31.7 Å². The molecule has 0 saturated carbocycles. The van der Waals surface area contributed by atoms with Crippen LogP contribution in [-0.2, 0) is 30.2 Å². The van der Waals surface area contributed by atoms with Gasteiger partial charge in [0.2, 0.25) is 5.91 Å². The van der Waals surface area contributed by atoms with E-state index in [1.807, 2.05) is 30.3 Å². The van der Waals surface area contributed by atoms with Gasteiger partial charge < -0.3 is 19.5 Å². The highest BCUT2D eigenvalue weighted by molar-refractivity contribution is 5.86. The molecule has 6 nitrogen and oxygen atoms in total. The fourth-order valence-electron chi connectivity index (χ4n) is 2.74. The number of hydrogen-bond donors (Lipinski definition) is 1. The average Bonchev–Trinajstić information content (AvgIpc) is 2.66. The number of benzene rings is 1. The standard InChI is InChI=1S/C19H27NO5/c1-14(25-13-16-10-6-7-11-24-16)18(21)20-17(19(22)23-2)12-15-8-4-3-5-9-15/h3-5,8-9,14,16-17H,6-7,10-13H2,1-2H3,(H,20,21)/t14-,16-,17-/m0/s1. The molecule has 1 aliphatic rings. The van der Waals surface area contributed by atoms with E-state index in [-0.39, 0.29) is 12.0 Å². The second-order valence-corrected chi connectivity index (χ2v) is 6.24. The molecule has 1 aromatic rings. The Labute approximate surface area is 148 Å². The molecule has 1 amide bonds. The van der Waals surface area contributed by atoms with Gasteiger partial charge in [0, 0.05) is 13.0 Å². The van der Waals surface area contributed by atoms with E-state index in [1.165, 1.54) is 7.11 Å². The van der Waals surface area contributed by atoms with Crippen LogP contribution in [0.4, 0.5) is 0 Å². The number of ether oxygens (including phenoxy) is 3. The molecule has 2 rings (SSSR count). The van der Waals surface area contributed by atoms with Gasteiger partial charge in [0.1, 0.15) is 12.1 Å². The summed E-state index contributed by atoms with van der Waals surface area (Å²) in [5.74, 6) is -0.804. The van der Waals surface area contributed by atoms with Crippen molar-refractivity contribution >= 4 is 11.9 Å². The molecule has 0 bridgehead atoms. The first-order chi connectivity index (χ1) is 12.1. The largest absolute Gasteiger partial charge is 0.467 e. The molecule has 1 N–H and O–H groups in total. The third kappa shape index (κ3) is 6.48. The molecule has 3 atom stereocenters. The minimum Gasteiger partial charge on any atom is -0.467 e. The number of esters is 1. The number of carbonyl (C=O) groups excluding carboxylic acids is 2. The molecule has 1 fully saturated rings. The zero-order valence-electron chi connectivity index (χ0n) is 14.9. The average molecular weight is 349 g/mol. The van der Waals surface area contributed by atoms with Crippen LogP contribution in [-0.4, -0.2) is 50.4 Å². The highest BCUT2D eigenvalue weighted by Crippen LogP contribution is 2.13. The smallest absolute Gasteiger partial charge is 0.328 e. The lowest BCUT2D eigenvalue weighted by atomic mass is 10.1. The van der Waals surface area contributed by atoms with Crippen LogP contribution in [0.15, 0.2) is 30.3 Å². The highest BCUT2D eigenvalue weighted by atomic mass is 16.5. The third-order valence-electron chi connectivity index (χ3n) is 4.26. The van der Waals surface area contributed by atoms with Crippen LogP contribution in [0.25, 0.3) is 0 Å². The molecule has 0 radical (unpaired) electrons. The number of hydrogen-bond acceptors (Lipinski definition) is 5. The number of amides is 1. The molecule has 6 heteroatoms. The first kappa shape index (κ1) is 19.4. The van der Waals surface area contributed by atoms with Crippen LogP contribution in [0, 0.1) is 0 Å². The van der Waals surface area contributed by atoms with Crippen LogP contribution < -0.4 is 5.32 Å². The summed E-state index contributed by atoms with van der Waals surface area (Å²) in [5.41, 5.74) is 0.947. The molecule has 1 saturated heterocycles. The van der Waals surface area contributed by atoms with Crippen LogP contribution in [0.5, 0.6) is 0 Å². The van der Waals surface area contributed by atoms with E-state index in [0.717, 1.165) is 31.4 Å². The maximum atomic E-state index is 12.4. The van der Waals surface area contributed by atoms with Gasteiger partial charge in [0.25, 0.3) is 0 Å². The van der Waals surface area contributed by atoms with Crippen molar-refractivity contribution in [1.29, 1.82) is 0 Å². The van der Waals surface area contributed by atoms with Crippen LogP contribution in [0.2, 0.25) is 0 Å². The molecule has 0 unspecified atom stereocenters. The van der Waals surface area contributed by atoms with Gasteiger partial charge in [-0.3, -0.25) is 4.79 Å². The maximum Gasteiger partial charge on any atom is 0.328 e. The number of carbonyl (C=O) groups is 2. The molecule has 0 spiro atoms. The molecule has 1 aromatic carbocycles. The zero-order chi connectivity index (χ0) is 18.1. The van der Waals surface area contributed by atoms with Gasteiger partial charge in [-0.25, -0.2) is 4.79 Å². The van der Waals surface area contributed by atoms with E-state index >= 15 is 0 Å². The summed E-state index contributed by atoms with van der Waals surface area (Å²) < 4.78 is 16.0. The Hall–Kier alpha value is -1.92. The number of methoxy groups -OCH3 is 1. The van der Waals surface area contributed by atoms with Gasteiger partial charge in [0.15, 0.2) is 0 Å². The predicted octanol–water partition coefficient (Wildman–Crippen LogP) is 1.86. The fourth-order valence-corrected chi connectivity index (χ4v) is 2.74. The predicted molar refractivity (Wildman–Crippen MR) is 93.1 cm³/mol. The van der Waals surface area contributed by atoms with Crippen molar-refractivity contribution in [2.24, 2.45) is 0 Å². The van der Waals surface area contributed by atoms with Gasteiger partial charge >= 0.3 is 5.97 Å². The Balaban J connectivity index is 1.85. The van der Waals surface area contributed by atoms with Crippen molar-refractivity contribution in [1.82, 2.24) is 5.32 Å². The summed E-state index contributed by atoms with van der Waals surface area (Å²) in [5, 5.41) is 2.72. The fraction of sp³-hybridized carbons (Fsp3) is 0.579. The molecule has 138 valence electrons. The summed E-state index contributed by atoms with van der Waals surface area (Å²) in [6.45, 7) is 2.81. The van der Waals surface area contributed by atoms with Crippen LogP contribution in [0.1, 0.15) is 31.7 Å². The maximum absolute atomic E-state index is 12.4. The Bertz CT molecular complexity index is 542. The quantitative estimate of drug-likeness (QED) is 0.725. The lowest BCUT2D eigenvalue weighted by molar-refractivity contribution is -0.147. The van der Waals surface area contributed by atoms with E-state index in [4.69, 9.17) is 14.2 Å². The summed E-state index contributed by atoms with van der Waals surface area (Å²) in [6.07, 6.45) is 2.91. The third-order valence-corrected chi connectivity index (χ3v) is 4.26. The monoisotopic (exact) mass is 349 g/mol. The number of nitrogens with one attached hydrogen (secondary N) is 1. The SMILES string of the molecule is COC(=O)[C@H](Cc1ccccc1)NC(=O)[C@H](C)OC[C@@H]1CCCCO1. The van der Waals surface area contributed by atoms with Gasteiger partial charge in [-0.2, -0.15) is 0 Å². The van der Waals surface area contributed by atoms with E-state index in [9.17, 15) is 9.59 Å². The minimum atomic E-state index is -0.739. The van der Waals surface area contributed by atoms with Crippen molar-refractivity contribution in [3.8, 4) is 0 Å². The van der Waals surface area contributed by atoms with Crippen molar-refractivity contribution in [2.75, 3.05) is 20.3 Å². The summed E-state index contributed by atoms with van der Waals surface area (Å²) in [7, 11) is 1.31. The summed E-state index contributed by atoms with van der Waals surface area (Å²) in [6, 6.07) is 8.75. The molecule has 0 aliphatic carbocycles. The van der Waals surface area contributed by atoms with Crippen molar-refractivity contribution in [3.05, 3.63) is 35.9 Å². The molecule has 0 aromatic heterocycles. The molecule has 25 heavy (non-hydrogen) atoms. The number of rotatable bonds is 8. The van der Waals surface area contributed by atoms with Crippen LogP contribution in [0.3, 0.4) is 0 Å². The Morgan fingerprint density at radius 3 is 2.68 bits per heavy atom. The topological polar surface area (TPSA) is 73.9 Å². The Kier molecular flexibility index (Phi) is 7.88. The van der Waals surface area contributed by atoms with E-state index in [2.05, 4.69) is 5.32 Å². The first-order valence-electron chi connectivity index (χ1n) is 8.75. The normalized spacial score (nSPS) is 19.7. The molecular formula is C19H27NO5. The minimum absolute atomic E-state index is 0.0460. The van der Waals surface area contributed by atoms with E-state index < -0.39 is 18.1 Å². The van der Waals surface area contributed by atoms with E-state index in [1.54, 1.807) is 6.92 Å². The molecular weight excluding hydrogens is 322 g/mol. The van der Waals surface area contributed by atoms with Crippen molar-refractivity contribution in [2.45, 2.75) is 50.9 Å². The summed E-state index contributed by atoms with van der Waals surface area (Å²) in [4.78, 5) is 24.3. The van der Waals surface area contributed by atoms with E-state index in [0.29, 0.717) is 13.0 Å². The summed E-state index contributed by atoms with van der Waals surface area (Å²) >= 11 is 0. The Morgan fingerprint density at radius 2 is 2.04 bits per heavy atom. The first-order valence-corrected chi connectivity index (χ1v) is 8.75. The zero-order valence-corrected chi connectivity index (χ0v) is 14.9. The van der Waals surface area contributed by atoms with Gasteiger partial charge in [-0.1, -0.05) is 30.3 Å². The van der Waals surface area contributed by atoms with Crippen molar-refractivity contribution in [3.63, 3.8) is 0 Å². The van der Waals surface area contributed by atoms with Crippen molar-refractivity contribution < 1.29 is 23.8 Å². The lowest BCUT2D eigenvalue weighted by Gasteiger charge is -2.24. The van der Waals surface area contributed by atoms with Crippen LogP contribution >= 0.6 is 0 Å². The second-order valence-electron chi connectivity index (χ2n) is 6.24. The Morgan fingerprint density at radius 1 is 1.28 bits per heavy atom.